The van der Waals surface area contributed by atoms with Crippen molar-refractivity contribution in [3.63, 3.8) is 0 Å². The van der Waals surface area contributed by atoms with E-state index >= 15 is 0 Å². The molecule has 182 valence electrons. The number of aromatic carboxylic acids is 1. The molecular formula is C29H31FN2O3. The maximum atomic E-state index is 13.9. The number of likely N-dealkylation sites (tertiary alicyclic amines) is 1. The van der Waals surface area contributed by atoms with Gasteiger partial charge in [-0.3, -0.25) is 4.79 Å². The van der Waals surface area contributed by atoms with Crippen LogP contribution in [0.25, 0.3) is 16.5 Å². The van der Waals surface area contributed by atoms with Gasteiger partial charge in [0.25, 0.3) is 5.91 Å². The molecule has 1 N–H and O–H groups in total. The van der Waals surface area contributed by atoms with E-state index in [0.29, 0.717) is 31.0 Å². The Morgan fingerprint density at radius 2 is 1.91 bits per heavy atom. The lowest BCUT2D eigenvalue weighted by atomic mass is 9.80. The molecule has 0 spiro atoms. The van der Waals surface area contributed by atoms with Gasteiger partial charge in [0.15, 0.2) is 0 Å². The number of alkyl halides is 1. The summed E-state index contributed by atoms with van der Waals surface area (Å²) in [5, 5.41) is 10.8. The molecule has 1 aromatic heterocycles. The van der Waals surface area contributed by atoms with Gasteiger partial charge >= 0.3 is 5.97 Å². The third-order valence-electron chi connectivity index (χ3n) is 8.20. The highest BCUT2D eigenvalue weighted by Crippen LogP contribution is 2.46. The first kappa shape index (κ1) is 22.3. The van der Waals surface area contributed by atoms with Crippen LogP contribution in [-0.4, -0.2) is 45.7 Å². The van der Waals surface area contributed by atoms with Crippen molar-refractivity contribution in [2.24, 2.45) is 0 Å². The van der Waals surface area contributed by atoms with E-state index in [-0.39, 0.29) is 18.0 Å². The molecule has 3 heterocycles. The van der Waals surface area contributed by atoms with Crippen LogP contribution in [0.4, 0.5) is 4.39 Å². The van der Waals surface area contributed by atoms with E-state index in [9.17, 15) is 19.1 Å². The average Bonchev–Trinajstić information content (AvgIpc) is 3.39. The number of carboxylic acid groups (broad SMARTS) is 1. The van der Waals surface area contributed by atoms with Gasteiger partial charge in [-0.25, -0.2) is 9.18 Å². The van der Waals surface area contributed by atoms with Gasteiger partial charge in [0, 0.05) is 28.6 Å². The SMILES string of the molecule is O=C(O)c1ccc2c(C3CCCCC3)c3n(c2c1)CC(C(=O)N1CC[C@H](F)C1)=CC1=C3C=CCC1. The Morgan fingerprint density at radius 1 is 1.09 bits per heavy atom. The molecule has 2 fully saturated rings. The van der Waals surface area contributed by atoms with Gasteiger partial charge in [-0.05, 0) is 67.4 Å². The summed E-state index contributed by atoms with van der Waals surface area (Å²) in [6, 6.07) is 5.44. The van der Waals surface area contributed by atoms with E-state index in [4.69, 9.17) is 0 Å². The zero-order valence-electron chi connectivity index (χ0n) is 19.9. The Kier molecular flexibility index (Phi) is 5.62. The first-order chi connectivity index (χ1) is 17.0. The van der Waals surface area contributed by atoms with E-state index in [1.54, 1.807) is 17.0 Å². The maximum Gasteiger partial charge on any atom is 0.335 e. The smallest absolute Gasteiger partial charge is 0.335 e. The lowest BCUT2D eigenvalue weighted by molar-refractivity contribution is -0.126. The van der Waals surface area contributed by atoms with Crippen molar-refractivity contribution in [3.05, 3.63) is 64.4 Å². The molecule has 1 saturated heterocycles. The number of benzene rings is 1. The molecule has 2 aliphatic heterocycles. The Bertz CT molecular complexity index is 1310. The van der Waals surface area contributed by atoms with Crippen LogP contribution in [0.2, 0.25) is 0 Å². The van der Waals surface area contributed by atoms with Crippen LogP contribution in [0.1, 0.15) is 78.9 Å². The molecule has 0 bridgehead atoms. The predicted molar refractivity (Wildman–Crippen MR) is 134 cm³/mol. The summed E-state index contributed by atoms with van der Waals surface area (Å²) in [5.74, 6) is -0.633. The fourth-order valence-corrected chi connectivity index (χ4v) is 6.49. The number of carbonyl (C=O) groups is 2. The maximum absolute atomic E-state index is 13.9. The number of rotatable bonds is 3. The van der Waals surface area contributed by atoms with Gasteiger partial charge in [0.1, 0.15) is 6.17 Å². The van der Waals surface area contributed by atoms with Crippen molar-refractivity contribution in [1.82, 2.24) is 9.47 Å². The van der Waals surface area contributed by atoms with Crippen LogP contribution in [0, 0.1) is 0 Å². The Hall–Kier alpha value is -3.15. The number of hydrogen-bond donors (Lipinski definition) is 1. The molecule has 1 saturated carbocycles. The molecule has 1 atom stereocenters. The van der Waals surface area contributed by atoms with Crippen LogP contribution in [0.5, 0.6) is 0 Å². The lowest BCUT2D eigenvalue weighted by Crippen LogP contribution is -2.31. The van der Waals surface area contributed by atoms with Crippen molar-refractivity contribution in [1.29, 1.82) is 0 Å². The normalized spacial score (nSPS) is 22.7. The van der Waals surface area contributed by atoms with Crippen molar-refractivity contribution in [3.8, 4) is 0 Å². The van der Waals surface area contributed by atoms with Crippen LogP contribution < -0.4 is 0 Å². The predicted octanol–water partition coefficient (Wildman–Crippen LogP) is 6.00. The molecular weight excluding hydrogens is 443 g/mol. The number of amides is 1. The minimum atomic E-state index is -0.961. The van der Waals surface area contributed by atoms with Crippen molar-refractivity contribution < 1.29 is 19.1 Å². The van der Waals surface area contributed by atoms with Crippen LogP contribution in [0.15, 0.2) is 47.6 Å². The number of aromatic nitrogens is 1. The minimum absolute atomic E-state index is 0.102. The first-order valence-corrected chi connectivity index (χ1v) is 12.9. The average molecular weight is 475 g/mol. The Morgan fingerprint density at radius 3 is 2.66 bits per heavy atom. The van der Waals surface area contributed by atoms with Gasteiger partial charge in [0.05, 0.1) is 24.3 Å². The van der Waals surface area contributed by atoms with Crippen molar-refractivity contribution in [2.75, 3.05) is 13.1 Å². The standard InChI is InChI=1S/C29H31FN2O3/c30-22-12-13-31(17-22)28(33)21-14-19-8-4-5-9-23(19)27-26(18-6-2-1-3-7-18)24-11-10-20(29(34)35)15-25(24)32(27)16-21/h5,9-11,14-15,18,22H,1-4,6-8,12-13,16-17H2,(H,34,35)/t22-/m0/s1. The summed E-state index contributed by atoms with van der Waals surface area (Å²) in [6.45, 7) is 0.964. The molecule has 5 nitrogen and oxygen atoms in total. The summed E-state index contributed by atoms with van der Waals surface area (Å²) in [6.07, 6.45) is 13.6. The molecule has 0 radical (unpaired) electrons. The second-order valence-corrected chi connectivity index (χ2v) is 10.4. The summed E-state index contributed by atoms with van der Waals surface area (Å²) in [7, 11) is 0. The number of hydrogen-bond acceptors (Lipinski definition) is 2. The van der Waals surface area contributed by atoms with E-state index in [0.717, 1.165) is 53.4 Å². The Balaban J connectivity index is 1.57. The van der Waals surface area contributed by atoms with Crippen LogP contribution in [0.3, 0.4) is 0 Å². The van der Waals surface area contributed by atoms with E-state index in [1.165, 1.54) is 24.8 Å². The number of carbonyl (C=O) groups excluding carboxylic acids is 1. The molecule has 35 heavy (non-hydrogen) atoms. The monoisotopic (exact) mass is 474 g/mol. The molecule has 1 amide bonds. The summed E-state index contributed by atoms with van der Waals surface area (Å²) in [4.78, 5) is 27.0. The molecule has 6 heteroatoms. The topological polar surface area (TPSA) is 62.5 Å². The quantitative estimate of drug-likeness (QED) is 0.593. The number of carboxylic acids is 1. The zero-order valence-corrected chi connectivity index (χ0v) is 19.9. The van der Waals surface area contributed by atoms with Gasteiger partial charge in [-0.2, -0.15) is 0 Å². The first-order valence-electron chi connectivity index (χ1n) is 12.9. The third kappa shape index (κ3) is 3.83. The highest BCUT2D eigenvalue weighted by atomic mass is 19.1. The summed E-state index contributed by atoms with van der Waals surface area (Å²) in [5.41, 5.74) is 6.54. The number of halogens is 1. The number of nitrogens with zero attached hydrogens (tertiary/aromatic N) is 2. The van der Waals surface area contributed by atoms with Gasteiger partial charge in [0.2, 0.25) is 0 Å². The largest absolute Gasteiger partial charge is 0.478 e. The second kappa shape index (κ2) is 8.81. The van der Waals surface area contributed by atoms with Crippen molar-refractivity contribution >= 4 is 28.4 Å². The summed E-state index contributed by atoms with van der Waals surface area (Å²) >= 11 is 0. The van der Waals surface area contributed by atoms with Gasteiger partial charge in [-0.15, -0.1) is 0 Å². The van der Waals surface area contributed by atoms with Gasteiger partial charge < -0.3 is 14.6 Å². The van der Waals surface area contributed by atoms with E-state index in [1.807, 2.05) is 12.1 Å². The lowest BCUT2D eigenvalue weighted by Gasteiger charge is -2.24. The molecule has 2 aliphatic carbocycles. The zero-order chi connectivity index (χ0) is 24.1. The molecule has 0 unspecified atom stereocenters. The fourth-order valence-electron chi connectivity index (χ4n) is 6.49. The molecule has 4 aliphatic rings. The van der Waals surface area contributed by atoms with E-state index in [2.05, 4.69) is 16.7 Å². The van der Waals surface area contributed by atoms with Gasteiger partial charge in [-0.1, -0.05) is 37.5 Å². The Labute approximate surface area is 204 Å². The highest BCUT2D eigenvalue weighted by Gasteiger charge is 2.33. The van der Waals surface area contributed by atoms with Crippen LogP contribution >= 0.6 is 0 Å². The summed E-state index contributed by atoms with van der Waals surface area (Å²) < 4.78 is 16.1. The van der Waals surface area contributed by atoms with Crippen LogP contribution in [-0.2, 0) is 11.3 Å². The third-order valence-corrected chi connectivity index (χ3v) is 8.20. The fraction of sp³-hybridized carbons (Fsp3) is 0.448. The molecule has 1 aromatic carbocycles. The molecule has 6 rings (SSSR count). The minimum Gasteiger partial charge on any atom is -0.478 e. The van der Waals surface area contributed by atoms with E-state index < -0.39 is 12.1 Å². The highest BCUT2D eigenvalue weighted by molar-refractivity contribution is 6.01. The second-order valence-electron chi connectivity index (χ2n) is 10.4. The molecule has 2 aromatic rings. The number of allylic oxidation sites excluding steroid dienone is 5. The number of fused-ring (bicyclic) bond motifs is 4. The van der Waals surface area contributed by atoms with Crippen molar-refractivity contribution in [2.45, 2.75) is 70.0 Å².